The van der Waals surface area contributed by atoms with E-state index in [2.05, 4.69) is 15.0 Å². The Balaban J connectivity index is 1.25. The highest BCUT2D eigenvalue weighted by Crippen LogP contribution is 2.54. The Morgan fingerprint density at radius 2 is 1.89 bits per heavy atom. The number of hydrogen-bond donors (Lipinski definition) is 1. The molecule has 0 radical (unpaired) electrons. The van der Waals surface area contributed by atoms with Crippen LogP contribution in [0.2, 0.25) is 0 Å². The van der Waals surface area contributed by atoms with Crippen molar-refractivity contribution in [3.8, 4) is 22.9 Å². The molecule has 1 aliphatic heterocycles. The fourth-order valence-corrected chi connectivity index (χ4v) is 5.17. The molecule has 2 N–H and O–H groups in total. The normalized spacial score (nSPS) is 17.0. The van der Waals surface area contributed by atoms with E-state index in [0.717, 1.165) is 31.7 Å². The Kier molecular flexibility index (Phi) is 4.98. The standard InChI is InChI=1S/C26H25N7O2/c1-2-6-21(34)32-14-26(15-32)11-17(12-26)33-25-22(24(27)29-16-30-25)23(31-33)20-10-9-19(13-28-20)35-18-7-4-3-5-8-18/h2-10,13,16-17H,11-12,14-15H2,1H3,(H2,27,29,30)/b6-2+. The molecule has 9 heteroatoms. The third-order valence-electron chi connectivity index (χ3n) is 6.83. The molecule has 1 amide bonds. The van der Waals surface area contributed by atoms with Gasteiger partial charge in [-0.1, -0.05) is 24.3 Å². The molecule has 2 aliphatic rings. The van der Waals surface area contributed by atoms with E-state index in [0.29, 0.717) is 34.0 Å². The first-order valence-electron chi connectivity index (χ1n) is 11.6. The summed E-state index contributed by atoms with van der Waals surface area (Å²) in [6.07, 6.45) is 8.45. The lowest BCUT2D eigenvalue weighted by molar-refractivity contribution is -0.148. The van der Waals surface area contributed by atoms with Crippen molar-refractivity contribution in [2.45, 2.75) is 25.8 Å². The van der Waals surface area contributed by atoms with Crippen LogP contribution in [0.25, 0.3) is 22.4 Å². The van der Waals surface area contributed by atoms with E-state index in [4.69, 9.17) is 15.6 Å². The zero-order chi connectivity index (χ0) is 24.0. The van der Waals surface area contributed by atoms with Crippen molar-refractivity contribution in [3.05, 3.63) is 67.1 Å². The van der Waals surface area contributed by atoms with Gasteiger partial charge in [-0.2, -0.15) is 5.10 Å². The number of anilines is 1. The molecular formula is C26H25N7O2. The summed E-state index contributed by atoms with van der Waals surface area (Å²) in [4.78, 5) is 27.3. The van der Waals surface area contributed by atoms with E-state index in [1.807, 2.05) is 59.0 Å². The highest BCUT2D eigenvalue weighted by atomic mass is 16.5. The number of benzene rings is 1. The molecule has 1 spiro atoms. The van der Waals surface area contributed by atoms with E-state index in [-0.39, 0.29) is 17.4 Å². The second-order valence-electron chi connectivity index (χ2n) is 9.30. The molecule has 9 nitrogen and oxygen atoms in total. The molecule has 0 atom stereocenters. The number of nitrogen functional groups attached to an aromatic ring is 1. The van der Waals surface area contributed by atoms with Gasteiger partial charge in [0.2, 0.25) is 5.91 Å². The van der Waals surface area contributed by atoms with Gasteiger partial charge in [-0.15, -0.1) is 0 Å². The molecule has 35 heavy (non-hydrogen) atoms. The quantitative estimate of drug-likeness (QED) is 0.442. The van der Waals surface area contributed by atoms with E-state index in [1.54, 1.807) is 18.3 Å². The zero-order valence-electron chi connectivity index (χ0n) is 19.3. The number of carbonyl (C=O) groups excluding carboxylic acids is 1. The third kappa shape index (κ3) is 3.69. The van der Waals surface area contributed by atoms with Crippen LogP contribution in [0.5, 0.6) is 11.5 Å². The van der Waals surface area contributed by atoms with Crippen LogP contribution in [0.4, 0.5) is 5.82 Å². The molecule has 6 rings (SSSR count). The van der Waals surface area contributed by atoms with Crippen LogP contribution >= 0.6 is 0 Å². The number of para-hydroxylation sites is 1. The molecule has 1 saturated heterocycles. The molecule has 0 unspecified atom stereocenters. The summed E-state index contributed by atoms with van der Waals surface area (Å²) in [5.41, 5.74) is 8.48. The first kappa shape index (κ1) is 21.3. The maximum Gasteiger partial charge on any atom is 0.246 e. The SMILES string of the molecule is C/C=C/C(=O)N1CC2(CC(n3nc(-c4ccc(Oc5ccccc5)cn4)c4c(N)ncnc43)C2)C1. The minimum atomic E-state index is 0.0830. The molecular weight excluding hydrogens is 442 g/mol. The summed E-state index contributed by atoms with van der Waals surface area (Å²) in [7, 11) is 0. The van der Waals surface area contributed by atoms with Gasteiger partial charge in [0, 0.05) is 18.5 Å². The molecule has 2 fully saturated rings. The number of likely N-dealkylation sites (tertiary alicyclic amines) is 1. The number of allylic oxidation sites excluding steroid dienone is 1. The van der Waals surface area contributed by atoms with Crippen LogP contribution in [0.1, 0.15) is 25.8 Å². The topological polar surface area (TPSA) is 112 Å². The Labute approximate surface area is 202 Å². The van der Waals surface area contributed by atoms with Crippen LogP contribution in [0, 0.1) is 5.41 Å². The lowest BCUT2D eigenvalue weighted by Gasteiger charge is -2.58. The number of pyridine rings is 1. The van der Waals surface area contributed by atoms with Crippen LogP contribution in [0.3, 0.4) is 0 Å². The Bertz CT molecular complexity index is 1420. The predicted molar refractivity (Wildman–Crippen MR) is 132 cm³/mol. The number of fused-ring (bicyclic) bond motifs is 1. The summed E-state index contributed by atoms with van der Waals surface area (Å²) >= 11 is 0. The van der Waals surface area contributed by atoms with Gasteiger partial charge < -0.3 is 15.4 Å². The van der Waals surface area contributed by atoms with E-state index in [1.165, 1.54) is 6.33 Å². The molecule has 176 valence electrons. The first-order valence-corrected chi connectivity index (χ1v) is 11.6. The molecule has 4 aromatic rings. The molecule has 3 aromatic heterocycles. The lowest BCUT2D eigenvalue weighted by atomic mass is 9.60. The predicted octanol–water partition coefficient (Wildman–Crippen LogP) is 4.00. The highest BCUT2D eigenvalue weighted by molar-refractivity contribution is 5.97. The van der Waals surface area contributed by atoms with Gasteiger partial charge in [-0.05, 0) is 50.1 Å². The number of nitrogens with zero attached hydrogens (tertiary/aromatic N) is 6. The monoisotopic (exact) mass is 467 g/mol. The largest absolute Gasteiger partial charge is 0.456 e. The van der Waals surface area contributed by atoms with Crippen LogP contribution in [-0.2, 0) is 4.79 Å². The van der Waals surface area contributed by atoms with Gasteiger partial charge in [-0.3, -0.25) is 9.78 Å². The maximum absolute atomic E-state index is 12.1. The van der Waals surface area contributed by atoms with Crippen molar-refractivity contribution in [3.63, 3.8) is 0 Å². The summed E-state index contributed by atoms with van der Waals surface area (Å²) < 4.78 is 7.82. The fourth-order valence-electron chi connectivity index (χ4n) is 5.17. The van der Waals surface area contributed by atoms with E-state index in [9.17, 15) is 4.79 Å². The number of carbonyl (C=O) groups is 1. The minimum Gasteiger partial charge on any atom is -0.456 e. The lowest BCUT2D eigenvalue weighted by Crippen LogP contribution is -2.63. The average molecular weight is 468 g/mol. The Morgan fingerprint density at radius 3 is 2.60 bits per heavy atom. The van der Waals surface area contributed by atoms with Gasteiger partial charge in [0.05, 0.1) is 23.3 Å². The smallest absolute Gasteiger partial charge is 0.246 e. The van der Waals surface area contributed by atoms with Gasteiger partial charge in [-0.25, -0.2) is 14.6 Å². The van der Waals surface area contributed by atoms with Crippen molar-refractivity contribution < 1.29 is 9.53 Å². The molecule has 1 aromatic carbocycles. The number of amides is 1. The number of nitrogens with two attached hydrogens (primary N) is 1. The average Bonchev–Trinajstić information content (AvgIpc) is 3.19. The van der Waals surface area contributed by atoms with Crippen molar-refractivity contribution in [1.82, 2.24) is 29.6 Å². The van der Waals surface area contributed by atoms with Crippen molar-refractivity contribution in [2.75, 3.05) is 18.8 Å². The Hall–Kier alpha value is -4.27. The van der Waals surface area contributed by atoms with Gasteiger partial charge in [0.15, 0.2) is 5.65 Å². The molecule has 1 aliphatic carbocycles. The van der Waals surface area contributed by atoms with Gasteiger partial charge >= 0.3 is 0 Å². The van der Waals surface area contributed by atoms with Crippen LogP contribution < -0.4 is 10.5 Å². The third-order valence-corrected chi connectivity index (χ3v) is 6.83. The molecule has 1 saturated carbocycles. The van der Waals surface area contributed by atoms with E-state index >= 15 is 0 Å². The summed E-state index contributed by atoms with van der Waals surface area (Å²) in [5, 5.41) is 5.61. The summed E-state index contributed by atoms with van der Waals surface area (Å²) in [5.74, 6) is 1.84. The molecule has 0 bridgehead atoms. The zero-order valence-corrected chi connectivity index (χ0v) is 19.3. The number of ether oxygens (including phenoxy) is 1. The summed E-state index contributed by atoms with van der Waals surface area (Å²) in [6.45, 7) is 3.44. The van der Waals surface area contributed by atoms with Gasteiger partial charge in [0.25, 0.3) is 0 Å². The number of hydrogen-bond acceptors (Lipinski definition) is 7. The van der Waals surface area contributed by atoms with Crippen molar-refractivity contribution in [1.29, 1.82) is 0 Å². The van der Waals surface area contributed by atoms with Crippen molar-refractivity contribution >= 4 is 22.8 Å². The van der Waals surface area contributed by atoms with Gasteiger partial charge in [0.1, 0.15) is 29.3 Å². The second kappa shape index (κ2) is 8.19. The molecule has 4 heterocycles. The maximum atomic E-state index is 12.1. The van der Waals surface area contributed by atoms with E-state index < -0.39 is 0 Å². The Morgan fingerprint density at radius 1 is 1.09 bits per heavy atom. The number of aromatic nitrogens is 5. The number of rotatable bonds is 5. The highest BCUT2D eigenvalue weighted by Gasteiger charge is 2.54. The van der Waals surface area contributed by atoms with Crippen LogP contribution in [-0.4, -0.2) is 48.6 Å². The fraction of sp³-hybridized carbons (Fsp3) is 0.269. The minimum absolute atomic E-state index is 0.0830. The van der Waals surface area contributed by atoms with Crippen molar-refractivity contribution in [2.24, 2.45) is 5.41 Å². The second-order valence-corrected chi connectivity index (χ2v) is 9.30. The first-order chi connectivity index (χ1) is 17.0. The van der Waals surface area contributed by atoms with Crippen LogP contribution in [0.15, 0.2) is 67.1 Å². The summed E-state index contributed by atoms with van der Waals surface area (Å²) in [6, 6.07) is 13.5.